The Labute approximate surface area is 103 Å². The van der Waals surface area contributed by atoms with Gasteiger partial charge in [0, 0.05) is 12.2 Å². The van der Waals surface area contributed by atoms with Crippen LogP contribution in [0.4, 0.5) is 18.9 Å². The lowest BCUT2D eigenvalue weighted by Gasteiger charge is -2.12. The Bertz CT molecular complexity index is 470. The lowest BCUT2D eigenvalue weighted by molar-refractivity contribution is -0.137. The first-order chi connectivity index (χ1) is 8.50. The summed E-state index contributed by atoms with van der Waals surface area (Å²) in [6, 6.07) is 5.30. The van der Waals surface area contributed by atoms with Gasteiger partial charge in [0.15, 0.2) is 0 Å². The SMILES string of the molecule is N#Cc1ccc(NCCC2CC2)cc1C(F)(F)F. The first-order valence-corrected chi connectivity index (χ1v) is 5.86. The van der Waals surface area contributed by atoms with Crippen LogP contribution >= 0.6 is 0 Å². The zero-order chi connectivity index (χ0) is 13.2. The Morgan fingerprint density at radius 1 is 1.33 bits per heavy atom. The molecule has 1 fully saturated rings. The standard InChI is InChI=1S/C13H13F3N2/c14-13(15,16)12-7-11(4-3-10(12)8-17)18-6-5-9-1-2-9/h3-4,7,9,18H,1-2,5-6H2. The largest absolute Gasteiger partial charge is 0.417 e. The fourth-order valence-corrected chi connectivity index (χ4v) is 1.81. The fourth-order valence-electron chi connectivity index (χ4n) is 1.81. The van der Waals surface area contributed by atoms with Crippen molar-refractivity contribution < 1.29 is 13.2 Å². The Morgan fingerprint density at radius 3 is 2.61 bits per heavy atom. The minimum absolute atomic E-state index is 0.338. The summed E-state index contributed by atoms with van der Waals surface area (Å²) in [5.41, 5.74) is -0.793. The molecule has 1 saturated carbocycles. The minimum atomic E-state index is -4.49. The van der Waals surface area contributed by atoms with E-state index >= 15 is 0 Å². The summed E-state index contributed by atoms with van der Waals surface area (Å²) in [6.07, 6.45) is -1.05. The van der Waals surface area contributed by atoms with Crippen LogP contribution in [0.1, 0.15) is 30.4 Å². The average Bonchev–Trinajstić information content (AvgIpc) is 3.12. The highest BCUT2D eigenvalue weighted by Crippen LogP contribution is 2.34. The van der Waals surface area contributed by atoms with Crippen molar-refractivity contribution in [3.8, 4) is 6.07 Å². The van der Waals surface area contributed by atoms with E-state index in [4.69, 9.17) is 5.26 Å². The number of benzene rings is 1. The summed E-state index contributed by atoms with van der Waals surface area (Å²) in [5.74, 6) is 0.734. The van der Waals surface area contributed by atoms with Crippen LogP contribution in [0.3, 0.4) is 0 Å². The fraction of sp³-hybridized carbons (Fsp3) is 0.462. The molecule has 0 radical (unpaired) electrons. The molecule has 1 aromatic rings. The summed E-state index contributed by atoms with van der Waals surface area (Å²) in [7, 11) is 0. The van der Waals surface area contributed by atoms with Crippen LogP contribution in [-0.4, -0.2) is 6.54 Å². The van der Waals surface area contributed by atoms with Gasteiger partial charge in [-0.05, 0) is 30.5 Å². The predicted octanol–water partition coefficient (Wildman–Crippen LogP) is 3.79. The molecule has 5 heteroatoms. The summed E-state index contributed by atoms with van der Waals surface area (Å²) >= 11 is 0. The second kappa shape index (κ2) is 4.89. The van der Waals surface area contributed by atoms with Crippen molar-refractivity contribution in [1.82, 2.24) is 0 Å². The van der Waals surface area contributed by atoms with Crippen LogP contribution in [0.25, 0.3) is 0 Å². The summed E-state index contributed by atoms with van der Waals surface area (Å²) < 4.78 is 38.1. The molecular weight excluding hydrogens is 241 g/mol. The maximum Gasteiger partial charge on any atom is 0.417 e. The monoisotopic (exact) mass is 254 g/mol. The minimum Gasteiger partial charge on any atom is -0.385 e. The highest BCUT2D eigenvalue weighted by molar-refractivity contribution is 5.53. The van der Waals surface area contributed by atoms with E-state index in [0.29, 0.717) is 12.2 Å². The molecule has 96 valence electrons. The van der Waals surface area contributed by atoms with Crippen LogP contribution in [-0.2, 0) is 6.18 Å². The van der Waals surface area contributed by atoms with E-state index in [1.165, 1.54) is 25.0 Å². The average molecular weight is 254 g/mol. The Balaban J connectivity index is 2.09. The van der Waals surface area contributed by atoms with E-state index in [1.807, 2.05) is 0 Å². The molecule has 0 saturated heterocycles. The zero-order valence-corrected chi connectivity index (χ0v) is 9.72. The van der Waals surface area contributed by atoms with E-state index in [9.17, 15) is 13.2 Å². The number of halogens is 3. The second-order valence-corrected chi connectivity index (χ2v) is 4.53. The number of nitrogens with one attached hydrogen (secondary N) is 1. The summed E-state index contributed by atoms with van der Waals surface area (Å²) in [6.45, 7) is 0.674. The van der Waals surface area contributed by atoms with Gasteiger partial charge in [0.25, 0.3) is 0 Å². The van der Waals surface area contributed by atoms with E-state index in [1.54, 1.807) is 6.07 Å². The molecule has 1 aliphatic rings. The van der Waals surface area contributed by atoms with E-state index < -0.39 is 11.7 Å². The number of nitriles is 1. The van der Waals surface area contributed by atoms with Gasteiger partial charge in [0.2, 0.25) is 0 Å². The van der Waals surface area contributed by atoms with Gasteiger partial charge in [0.1, 0.15) is 0 Å². The topological polar surface area (TPSA) is 35.8 Å². The van der Waals surface area contributed by atoms with E-state index in [-0.39, 0.29) is 5.56 Å². The number of anilines is 1. The molecule has 1 aliphatic carbocycles. The maximum atomic E-state index is 12.7. The molecule has 0 aliphatic heterocycles. The quantitative estimate of drug-likeness (QED) is 0.887. The summed E-state index contributed by atoms with van der Waals surface area (Å²) in [4.78, 5) is 0. The molecule has 0 heterocycles. The number of hydrogen-bond donors (Lipinski definition) is 1. The van der Waals surface area contributed by atoms with Crippen LogP contribution < -0.4 is 5.32 Å². The molecule has 18 heavy (non-hydrogen) atoms. The van der Waals surface area contributed by atoms with Gasteiger partial charge in [-0.25, -0.2) is 0 Å². The third-order valence-electron chi connectivity index (χ3n) is 3.02. The van der Waals surface area contributed by atoms with Gasteiger partial charge >= 0.3 is 6.18 Å². The lowest BCUT2D eigenvalue weighted by atomic mass is 10.1. The molecular formula is C13H13F3N2. The predicted molar refractivity (Wildman–Crippen MR) is 62.0 cm³/mol. The Kier molecular flexibility index (Phi) is 3.46. The first kappa shape index (κ1) is 12.7. The smallest absolute Gasteiger partial charge is 0.385 e. The van der Waals surface area contributed by atoms with Crippen LogP contribution in [0.15, 0.2) is 18.2 Å². The zero-order valence-electron chi connectivity index (χ0n) is 9.72. The second-order valence-electron chi connectivity index (χ2n) is 4.53. The summed E-state index contributed by atoms with van der Waals surface area (Å²) in [5, 5.41) is 11.6. The third kappa shape index (κ3) is 3.16. The molecule has 0 aromatic heterocycles. The molecule has 0 spiro atoms. The molecule has 2 rings (SSSR count). The first-order valence-electron chi connectivity index (χ1n) is 5.86. The highest BCUT2D eigenvalue weighted by atomic mass is 19.4. The van der Waals surface area contributed by atoms with Gasteiger partial charge in [-0.15, -0.1) is 0 Å². The molecule has 1 N–H and O–H groups in total. The van der Waals surface area contributed by atoms with Gasteiger partial charge in [-0.3, -0.25) is 0 Å². The molecule has 0 unspecified atom stereocenters. The lowest BCUT2D eigenvalue weighted by Crippen LogP contribution is -2.10. The number of hydrogen-bond acceptors (Lipinski definition) is 2. The van der Waals surface area contributed by atoms with E-state index in [2.05, 4.69) is 5.32 Å². The molecule has 0 amide bonds. The Morgan fingerprint density at radius 2 is 2.06 bits per heavy atom. The Hall–Kier alpha value is -1.70. The number of rotatable bonds is 4. The van der Waals surface area contributed by atoms with Gasteiger partial charge < -0.3 is 5.32 Å². The van der Waals surface area contributed by atoms with Crippen molar-refractivity contribution in [2.45, 2.75) is 25.4 Å². The van der Waals surface area contributed by atoms with Gasteiger partial charge in [-0.1, -0.05) is 12.8 Å². The number of alkyl halides is 3. The highest BCUT2D eigenvalue weighted by Gasteiger charge is 2.33. The van der Waals surface area contributed by atoms with E-state index in [0.717, 1.165) is 18.4 Å². The van der Waals surface area contributed by atoms with Crippen molar-refractivity contribution >= 4 is 5.69 Å². The van der Waals surface area contributed by atoms with Gasteiger partial charge in [0.05, 0.1) is 17.2 Å². The normalized spacial score (nSPS) is 15.2. The van der Waals surface area contributed by atoms with Crippen molar-refractivity contribution in [1.29, 1.82) is 5.26 Å². The van der Waals surface area contributed by atoms with Crippen molar-refractivity contribution in [2.75, 3.05) is 11.9 Å². The van der Waals surface area contributed by atoms with Crippen molar-refractivity contribution in [3.05, 3.63) is 29.3 Å². The molecule has 0 atom stereocenters. The molecule has 2 nitrogen and oxygen atoms in total. The molecule has 1 aromatic carbocycles. The van der Waals surface area contributed by atoms with Crippen molar-refractivity contribution in [2.24, 2.45) is 5.92 Å². The maximum absolute atomic E-state index is 12.7. The van der Waals surface area contributed by atoms with Crippen LogP contribution in [0.2, 0.25) is 0 Å². The van der Waals surface area contributed by atoms with Crippen molar-refractivity contribution in [3.63, 3.8) is 0 Å². The van der Waals surface area contributed by atoms with Crippen LogP contribution in [0, 0.1) is 17.2 Å². The van der Waals surface area contributed by atoms with Crippen LogP contribution in [0.5, 0.6) is 0 Å². The third-order valence-corrected chi connectivity index (χ3v) is 3.02. The number of nitrogens with zero attached hydrogens (tertiary/aromatic N) is 1. The molecule has 0 bridgehead atoms. The van der Waals surface area contributed by atoms with Gasteiger partial charge in [-0.2, -0.15) is 18.4 Å².